The van der Waals surface area contributed by atoms with Gasteiger partial charge in [0.1, 0.15) is 5.82 Å². The van der Waals surface area contributed by atoms with Crippen molar-refractivity contribution in [2.45, 2.75) is 45.4 Å². The van der Waals surface area contributed by atoms with Crippen LogP contribution in [0.1, 0.15) is 51.3 Å². The minimum Gasteiger partial charge on any atom is -0.340 e. The summed E-state index contributed by atoms with van der Waals surface area (Å²) in [6.07, 6.45) is 4.82. The van der Waals surface area contributed by atoms with Crippen molar-refractivity contribution < 1.29 is 0 Å². The van der Waals surface area contributed by atoms with E-state index in [9.17, 15) is 0 Å². The van der Waals surface area contributed by atoms with E-state index in [1.165, 1.54) is 25.7 Å². The largest absolute Gasteiger partial charge is 0.340 e. The molecule has 0 aliphatic carbocycles. The second kappa shape index (κ2) is 6.89. The Morgan fingerprint density at radius 1 is 1.42 bits per heavy atom. The topological polar surface area (TPSA) is 56.8 Å². The van der Waals surface area contributed by atoms with Crippen molar-refractivity contribution >= 4 is 5.95 Å². The Morgan fingerprint density at radius 2 is 2.16 bits per heavy atom. The van der Waals surface area contributed by atoms with Gasteiger partial charge >= 0.3 is 0 Å². The third-order valence-corrected chi connectivity index (χ3v) is 4.07. The van der Waals surface area contributed by atoms with Crippen LogP contribution in [0.3, 0.4) is 0 Å². The molecule has 0 saturated carbocycles. The maximum Gasteiger partial charge on any atom is 0.244 e. The first-order chi connectivity index (χ1) is 9.24. The molecule has 1 aromatic heterocycles. The van der Waals surface area contributed by atoms with Crippen LogP contribution in [0.15, 0.2) is 0 Å². The molecule has 0 bridgehead atoms. The Balaban J connectivity index is 1.89. The second-order valence-corrected chi connectivity index (χ2v) is 5.70. The van der Waals surface area contributed by atoms with Crippen LogP contribution in [0.4, 0.5) is 5.95 Å². The lowest BCUT2D eigenvalue weighted by molar-refractivity contribution is 0.391. The van der Waals surface area contributed by atoms with Crippen molar-refractivity contribution in [3.63, 3.8) is 0 Å². The molecule has 1 atom stereocenters. The van der Waals surface area contributed by atoms with E-state index in [0.29, 0.717) is 5.92 Å². The van der Waals surface area contributed by atoms with Crippen LogP contribution in [0.2, 0.25) is 0 Å². The Bertz CT molecular complexity index is 368. The highest BCUT2D eigenvalue weighted by Gasteiger charge is 2.22. The molecule has 0 amide bonds. The van der Waals surface area contributed by atoms with E-state index in [4.69, 9.17) is 0 Å². The molecule has 2 heterocycles. The Hall–Kier alpha value is -1.10. The first-order valence-corrected chi connectivity index (χ1v) is 7.56. The molecule has 1 fully saturated rings. The highest BCUT2D eigenvalue weighted by Crippen LogP contribution is 2.22. The summed E-state index contributed by atoms with van der Waals surface area (Å²) in [4.78, 5) is 6.98. The average molecular weight is 265 g/mol. The van der Waals surface area contributed by atoms with E-state index < -0.39 is 0 Å². The van der Waals surface area contributed by atoms with Gasteiger partial charge in [-0.15, -0.1) is 5.10 Å². The summed E-state index contributed by atoms with van der Waals surface area (Å²) in [6, 6.07) is 0. The van der Waals surface area contributed by atoms with E-state index >= 15 is 0 Å². The average Bonchev–Trinajstić information content (AvgIpc) is 2.90. The van der Waals surface area contributed by atoms with Gasteiger partial charge in [0.2, 0.25) is 5.95 Å². The first-order valence-electron chi connectivity index (χ1n) is 7.56. The summed E-state index contributed by atoms with van der Waals surface area (Å²) in [5, 5.41) is 10.8. The summed E-state index contributed by atoms with van der Waals surface area (Å²) in [5.74, 6) is 3.21. The number of aromatic nitrogens is 3. The number of hydrogen-bond donors (Lipinski definition) is 2. The predicted molar refractivity (Wildman–Crippen MR) is 78.6 cm³/mol. The Morgan fingerprint density at radius 3 is 2.79 bits per heavy atom. The van der Waals surface area contributed by atoms with Crippen LogP contribution in [0, 0.1) is 5.92 Å². The third kappa shape index (κ3) is 3.69. The summed E-state index contributed by atoms with van der Waals surface area (Å²) in [5.41, 5.74) is 0. The molecule has 5 nitrogen and oxygen atoms in total. The van der Waals surface area contributed by atoms with Gasteiger partial charge in [-0.3, -0.25) is 5.10 Å². The van der Waals surface area contributed by atoms with Gasteiger partial charge in [-0.2, -0.15) is 4.98 Å². The lowest BCUT2D eigenvalue weighted by atomic mass is 9.97. The standard InChI is InChI=1S/C14H27N5/c1-4-5-11(2)13-16-14(18-17-13)19-8-6-12(7-9-19)10-15-3/h11-12,15H,4-10H2,1-3H3,(H,16,17,18). The summed E-state index contributed by atoms with van der Waals surface area (Å²) in [7, 11) is 2.03. The molecule has 1 aliphatic rings. The molecule has 1 aromatic rings. The van der Waals surface area contributed by atoms with Gasteiger partial charge in [-0.05, 0) is 38.8 Å². The molecule has 0 aromatic carbocycles. The van der Waals surface area contributed by atoms with Crippen molar-refractivity contribution in [1.82, 2.24) is 20.5 Å². The monoisotopic (exact) mass is 265 g/mol. The summed E-state index contributed by atoms with van der Waals surface area (Å²) < 4.78 is 0. The number of hydrogen-bond acceptors (Lipinski definition) is 4. The zero-order chi connectivity index (χ0) is 13.7. The SMILES string of the molecule is CCCC(C)c1nc(N2CCC(CNC)CC2)n[nH]1. The van der Waals surface area contributed by atoms with E-state index in [0.717, 1.165) is 37.3 Å². The van der Waals surface area contributed by atoms with Crippen molar-refractivity contribution in [2.24, 2.45) is 5.92 Å². The lowest BCUT2D eigenvalue weighted by Gasteiger charge is -2.31. The molecule has 2 N–H and O–H groups in total. The normalized spacial score (nSPS) is 18.8. The number of H-pyrrole nitrogens is 1. The maximum absolute atomic E-state index is 4.67. The zero-order valence-electron chi connectivity index (χ0n) is 12.4. The van der Waals surface area contributed by atoms with Crippen molar-refractivity contribution in [2.75, 3.05) is 31.6 Å². The fourth-order valence-corrected chi connectivity index (χ4v) is 2.82. The highest BCUT2D eigenvalue weighted by molar-refractivity contribution is 5.29. The molecular weight excluding hydrogens is 238 g/mol. The number of nitrogens with one attached hydrogen (secondary N) is 2. The molecule has 1 unspecified atom stereocenters. The molecule has 108 valence electrons. The van der Waals surface area contributed by atoms with Crippen molar-refractivity contribution in [3.8, 4) is 0 Å². The van der Waals surface area contributed by atoms with Crippen LogP contribution >= 0.6 is 0 Å². The van der Waals surface area contributed by atoms with Crippen LogP contribution in [-0.4, -0.2) is 41.9 Å². The van der Waals surface area contributed by atoms with Crippen LogP contribution in [-0.2, 0) is 0 Å². The third-order valence-electron chi connectivity index (χ3n) is 4.07. The molecule has 0 spiro atoms. The summed E-state index contributed by atoms with van der Waals surface area (Å²) >= 11 is 0. The zero-order valence-corrected chi connectivity index (χ0v) is 12.4. The number of rotatable bonds is 6. The van der Waals surface area contributed by atoms with Crippen LogP contribution in [0.25, 0.3) is 0 Å². The Kier molecular flexibility index (Phi) is 5.19. The van der Waals surface area contributed by atoms with Gasteiger partial charge in [-0.1, -0.05) is 20.3 Å². The van der Waals surface area contributed by atoms with E-state index in [-0.39, 0.29) is 0 Å². The maximum atomic E-state index is 4.67. The lowest BCUT2D eigenvalue weighted by Crippen LogP contribution is -2.37. The van der Waals surface area contributed by atoms with Gasteiger partial charge in [0.15, 0.2) is 0 Å². The predicted octanol–water partition coefficient (Wildman–Crippen LogP) is 2.14. The minimum absolute atomic E-state index is 0.480. The molecule has 19 heavy (non-hydrogen) atoms. The number of nitrogens with zero attached hydrogens (tertiary/aromatic N) is 3. The Labute approximate surface area is 116 Å². The molecule has 0 radical (unpaired) electrons. The molecule has 1 aliphatic heterocycles. The first kappa shape index (κ1) is 14.3. The quantitative estimate of drug-likeness (QED) is 0.827. The second-order valence-electron chi connectivity index (χ2n) is 5.70. The smallest absolute Gasteiger partial charge is 0.244 e. The van der Waals surface area contributed by atoms with Gasteiger partial charge in [0.25, 0.3) is 0 Å². The van der Waals surface area contributed by atoms with Gasteiger partial charge < -0.3 is 10.2 Å². The van der Waals surface area contributed by atoms with Gasteiger partial charge in [0, 0.05) is 19.0 Å². The molecule has 5 heteroatoms. The number of anilines is 1. The van der Waals surface area contributed by atoms with Gasteiger partial charge in [-0.25, -0.2) is 0 Å². The van der Waals surface area contributed by atoms with Crippen molar-refractivity contribution in [3.05, 3.63) is 5.82 Å². The molecule has 1 saturated heterocycles. The summed E-state index contributed by atoms with van der Waals surface area (Å²) in [6.45, 7) is 7.70. The van der Waals surface area contributed by atoms with Crippen LogP contribution < -0.4 is 10.2 Å². The molecule has 2 rings (SSSR count). The number of piperidine rings is 1. The van der Waals surface area contributed by atoms with E-state index in [1.807, 2.05) is 7.05 Å². The van der Waals surface area contributed by atoms with E-state index in [2.05, 4.69) is 39.2 Å². The fraction of sp³-hybridized carbons (Fsp3) is 0.857. The van der Waals surface area contributed by atoms with Crippen LogP contribution in [0.5, 0.6) is 0 Å². The molecular formula is C14H27N5. The number of aromatic amines is 1. The van der Waals surface area contributed by atoms with E-state index in [1.54, 1.807) is 0 Å². The highest BCUT2D eigenvalue weighted by atomic mass is 15.4. The minimum atomic E-state index is 0.480. The van der Waals surface area contributed by atoms with Crippen molar-refractivity contribution in [1.29, 1.82) is 0 Å². The van der Waals surface area contributed by atoms with Gasteiger partial charge in [0.05, 0.1) is 0 Å². The fourth-order valence-electron chi connectivity index (χ4n) is 2.82.